The molecule has 21 heavy (non-hydrogen) atoms. The van der Waals surface area contributed by atoms with Crippen molar-refractivity contribution in [2.24, 2.45) is 0 Å². The Morgan fingerprint density at radius 2 is 2.29 bits per heavy atom. The zero-order valence-electron chi connectivity index (χ0n) is 11.5. The van der Waals surface area contributed by atoms with Crippen molar-refractivity contribution in [3.05, 3.63) is 28.5 Å². The van der Waals surface area contributed by atoms with Crippen molar-refractivity contribution in [2.75, 3.05) is 5.32 Å². The minimum absolute atomic E-state index is 0.210. The molecule has 0 radical (unpaired) electrons. The summed E-state index contributed by atoms with van der Waals surface area (Å²) in [5.74, 6) is -0.998. The second kappa shape index (κ2) is 6.35. The van der Waals surface area contributed by atoms with Gasteiger partial charge in [0.1, 0.15) is 11.6 Å². The molecule has 0 saturated carbocycles. The first-order valence-electron chi connectivity index (χ1n) is 6.18. The zero-order chi connectivity index (χ0) is 15.4. The third-order valence-corrected chi connectivity index (χ3v) is 3.69. The number of urea groups is 1. The van der Waals surface area contributed by atoms with Gasteiger partial charge in [-0.15, -0.1) is 11.3 Å². The van der Waals surface area contributed by atoms with Gasteiger partial charge in [0.25, 0.3) is 0 Å². The molecular formula is C12H15N5O3S. The maximum atomic E-state index is 11.8. The van der Waals surface area contributed by atoms with Crippen LogP contribution in [0.4, 0.5) is 10.5 Å². The summed E-state index contributed by atoms with van der Waals surface area (Å²) in [6.07, 6.45) is 2.84. The second-order valence-corrected chi connectivity index (χ2v) is 5.36. The molecule has 0 saturated heterocycles. The number of aliphatic carboxylic acids is 1. The van der Waals surface area contributed by atoms with Gasteiger partial charge in [0.05, 0.1) is 17.9 Å². The Morgan fingerprint density at radius 3 is 2.90 bits per heavy atom. The van der Waals surface area contributed by atoms with Gasteiger partial charge in [-0.2, -0.15) is 5.10 Å². The summed E-state index contributed by atoms with van der Waals surface area (Å²) in [5, 5.41) is 20.6. The minimum atomic E-state index is -0.998. The Balaban J connectivity index is 1.89. The van der Waals surface area contributed by atoms with Crippen LogP contribution in [-0.2, 0) is 11.3 Å². The van der Waals surface area contributed by atoms with Crippen molar-refractivity contribution in [3.63, 3.8) is 0 Å². The largest absolute Gasteiger partial charge is 0.480 e. The molecule has 2 aromatic heterocycles. The number of rotatable bonds is 5. The van der Waals surface area contributed by atoms with E-state index >= 15 is 0 Å². The molecule has 1 atom stereocenters. The number of carbonyl (C=O) groups is 2. The van der Waals surface area contributed by atoms with Crippen LogP contribution in [0.25, 0.3) is 0 Å². The molecule has 0 bridgehead atoms. The highest BCUT2D eigenvalue weighted by Crippen LogP contribution is 2.17. The number of thiazole rings is 1. The number of anilines is 1. The summed E-state index contributed by atoms with van der Waals surface area (Å²) in [5.41, 5.74) is 1.34. The van der Waals surface area contributed by atoms with Crippen molar-refractivity contribution in [1.29, 1.82) is 0 Å². The maximum absolute atomic E-state index is 11.8. The standard InChI is InChI=1S/C12H15N5O3S/c1-7-6-21-11(14-7)8(2)15-12(20)16-9-3-13-17(4-9)5-10(18)19/h3-4,6,8H,5H2,1-2H3,(H,18,19)(H2,15,16,20). The molecule has 112 valence electrons. The Morgan fingerprint density at radius 1 is 1.52 bits per heavy atom. The van der Waals surface area contributed by atoms with Crippen LogP contribution in [0, 0.1) is 6.92 Å². The van der Waals surface area contributed by atoms with E-state index in [1.807, 2.05) is 19.2 Å². The van der Waals surface area contributed by atoms with Crippen LogP contribution in [0.3, 0.4) is 0 Å². The highest BCUT2D eigenvalue weighted by Gasteiger charge is 2.13. The first-order valence-corrected chi connectivity index (χ1v) is 7.06. The van der Waals surface area contributed by atoms with E-state index in [9.17, 15) is 9.59 Å². The van der Waals surface area contributed by atoms with Gasteiger partial charge in [0.15, 0.2) is 0 Å². The molecule has 3 N–H and O–H groups in total. The fraction of sp³-hybridized carbons (Fsp3) is 0.333. The first kappa shape index (κ1) is 15.0. The molecule has 2 amide bonds. The van der Waals surface area contributed by atoms with Gasteiger partial charge < -0.3 is 15.7 Å². The van der Waals surface area contributed by atoms with Gasteiger partial charge in [-0.05, 0) is 13.8 Å². The predicted octanol–water partition coefficient (Wildman–Crippen LogP) is 1.62. The predicted molar refractivity (Wildman–Crippen MR) is 77.3 cm³/mol. The van der Waals surface area contributed by atoms with Gasteiger partial charge >= 0.3 is 12.0 Å². The van der Waals surface area contributed by atoms with Crippen molar-refractivity contribution in [1.82, 2.24) is 20.1 Å². The summed E-state index contributed by atoms with van der Waals surface area (Å²) < 4.78 is 1.23. The SMILES string of the molecule is Cc1csc(C(C)NC(=O)Nc2cnn(CC(=O)O)c2)n1. The molecule has 2 heterocycles. The van der Waals surface area contributed by atoms with Crippen LogP contribution in [0.1, 0.15) is 23.7 Å². The maximum Gasteiger partial charge on any atom is 0.325 e. The Kier molecular flexibility index (Phi) is 4.53. The minimum Gasteiger partial charge on any atom is -0.480 e. The fourth-order valence-corrected chi connectivity index (χ4v) is 2.45. The van der Waals surface area contributed by atoms with Crippen LogP contribution in [0.15, 0.2) is 17.8 Å². The molecule has 1 unspecified atom stereocenters. The monoisotopic (exact) mass is 309 g/mol. The van der Waals surface area contributed by atoms with Gasteiger partial charge in [-0.25, -0.2) is 9.78 Å². The summed E-state index contributed by atoms with van der Waals surface area (Å²) in [6.45, 7) is 3.48. The third kappa shape index (κ3) is 4.28. The van der Waals surface area contributed by atoms with Gasteiger partial charge in [-0.1, -0.05) is 0 Å². The molecule has 2 aromatic rings. The average molecular weight is 309 g/mol. The molecule has 0 fully saturated rings. The lowest BCUT2D eigenvalue weighted by Gasteiger charge is -2.11. The smallest absolute Gasteiger partial charge is 0.325 e. The number of aromatic nitrogens is 3. The van der Waals surface area contributed by atoms with Crippen LogP contribution in [0.5, 0.6) is 0 Å². The van der Waals surface area contributed by atoms with E-state index in [1.54, 1.807) is 0 Å². The summed E-state index contributed by atoms with van der Waals surface area (Å²) >= 11 is 1.48. The number of carbonyl (C=O) groups excluding carboxylic acids is 1. The lowest BCUT2D eigenvalue weighted by Crippen LogP contribution is -2.31. The second-order valence-electron chi connectivity index (χ2n) is 4.47. The van der Waals surface area contributed by atoms with Crippen LogP contribution in [0.2, 0.25) is 0 Å². The molecule has 0 aliphatic heterocycles. The molecule has 0 aromatic carbocycles. The lowest BCUT2D eigenvalue weighted by molar-refractivity contribution is -0.137. The number of nitrogens with one attached hydrogen (secondary N) is 2. The van der Waals surface area contributed by atoms with Crippen molar-refractivity contribution in [3.8, 4) is 0 Å². The molecule has 2 rings (SSSR count). The normalized spacial score (nSPS) is 11.9. The summed E-state index contributed by atoms with van der Waals surface area (Å²) in [4.78, 5) is 26.7. The van der Waals surface area contributed by atoms with Crippen LogP contribution >= 0.6 is 11.3 Å². The summed E-state index contributed by atoms with van der Waals surface area (Å²) in [7, 11) is 0. The number of carboxylic acid groups (broad SMARTS) is 1. The summed E-state index contributed by atoms with van der Waals surface area (Å²) in [6, 6.07) is -0.608. The van der Waals surface area contributed by atoms with E-state index in [4.69, 9.17) is 5.11 Å². The van der Waals surface area contributed by atoms with Crippen LogP contribution in [-0.4, -0.2) is 31.9 Å². The Hall–Kier alpha value is -2.42. The molecule has 8 nitrogen and oxygen atoms in total. The van der Waals surface area contributed by atoms with Gasteiger partial charge in [0, 0.05) is 17.3 Å². The number of hydrogen-bond donors (Lipinski definition) is 3. The average Bonchev–Trinajstić information content (AvgIpc) is 2.98. The topological polar surface area (TPSA) is 109 Å². The number of aryl methyl sites for hydroxylation is 1. The Bertz CT molecular complexity index is 651. The van der Waals surface area contributed by atoms with E-state index in [-0.39, 0.29) is 12.6 Å². The first-order chi connectivity index (χ1) is 9.94. The molecular weight excluding hydrogens is 294 g/mol. The van der Waals surface area contributed by atoms with Crippen LogP contribution < -0.4 is 10.6 Å². The fourth-order valence-electron chi connectivity index (χ4n) is 1.65. The molecule has 0 spiro atoms. The number of carboxylic acids is 1. The van der Waals surface area contributed by atoms with Crippen molar-refractivity contribution >= 4 is 29.0 Å². The molecule has 9 heteroatoms. The lowest BCUT2D eigenvalue weighted by atomic mass is 10.3. The molecule has 0 aliphatic carbocycles. The molecule has 0 aliphatic rings. The van der Waals surface area contributed by atoms with E-state index in [2.05, 4.69) is 20.7 Å². The van der Waals surface area contributed by atoms with Crippen molar-refractivity contribution in [2.45, 2.75) is 26.4 Å². The number of amides is 2. The highest BCUT2D eigenvalue weighted by molar-refractivity contribution is 7.09. The zero-order valence-corrected chi connectivity index (χ0v) is 12.3. The van der Waals surface area contributed by atoms with E-state index < -0.39 is 12.0 Å². The highest BCUT2D eigenvalue weighted by atomic mass is 32.1. The number of nitrogens with zero attached hydrogens (tertiary/aromatic N) is 3. The van der Waals surface area contributed by atoms with Crippen molar-refractivity contribution < 1.29 is 14.7 Å². The van der Waals surface area contributed by atoms with E-state index in [0.717, 1.165) is 10.7 Å². The Labute approximate surface area is 124 Å². The third-order valence-electron chi connectivity index (χ3n) is 2.54. The van der Waals surface area contributed by atoms with E-state index in [1.165, 1.54) is 28.4 Å². The number of hydrogen-bond acceptors (Lipinski definition) is 5. The van der Waals surface area contributed by atoms with Gasteiger partial charge in [0.2, 0.25) is 0 Å². The van der Waals surface area contributed by atoms with E-state index in [0.29, 0.717) is 5.69 Å². The quantitative estimate of drug-likeness (QED) is 0.777. The van der Waals surface area contributed by atoms with Gasteiger partial charge in [-0.3, -0.25) is 9.48 Å².